The van der Waals surface area contributed by atoms with Crippen LogP contribution in [-0.4, -0.2) is 29.3 Å². The molecular formula is C18H21NO2. The Hall–Kier alpha value is -1.68. The number of ether oxygens (including phenoxy) is 1. The normalized spacial score (nSPS) is 15.9. The van der Waals surface area contributed by atoms with Crippen molar-refractivity contribution in [2.45, 2.75) is 25.8 Å². The Kier molecular flexibility index (Phi) is 4.65. The van der Waals surface area contributed by atoms with E-state index in [2.05, 4.69) is 29.2 Å². The summed E-state index contributed by atoms with van der Waals surface area (Å²) in [7, 11) is 0. The SMILES string of the molecule is OC(COCc1ccccc1)CN1Cc2ccccc2C1. The van der Waals surface area contributed by atoms with Crippen LogP contribution in [0.1, 0.15) is 16.7 Å². The smallest absolute Gasteiger partial charge is 0.0900 e. The van der Waals surface area contributed by atoms with Crippen molar-refractivity contribution in [3.8, 4) is 0 Å². The average Bonchev–Trinajstić information content (AvgIpc) is 2.90. The molecule has 2 aromatic carbocycles. The van der Waals surface area contributed by atoms with Crippen LogP contribution in [-0.2, 0) is 24.4 Å². The predicted molar refractivity (Wildman–Crippen MR) is 82.7 cm³/mol. The average molecular weight is 283 g/mol. The van der Waals surface area contributed by atoms with E-state index in [1.54, 1.807) is 0 Å². The zero-order valence-corrected chi connectivity index (χ0v) is 12.1. The molecule has 2 aromatic rings. The molecule has 1 heterocycles. The van der Waals surface area contributed by atoms with Crippen LogP contribution in [0.25, 0.3) is 0 Å². The molecule has 1 aliphatic heterocycles. The largest absolute Gasteiger partial charge is 0.389 e. The van der Waals surface area contributed by atoms with Gasteiger partial charge in [-0.05, 0) is 16.7 Å². The topological polar surface area (TPSA) is 32.7 Å². The molecule has 1 unspecified atom stereocenters. The predicted octanol–water partition coefficient (Wildman–Crippen LogP) is 2.58. The van der Waals surface area contributed by atoms with Gasteiger partial charge in [-0.2, -0.15) is 0 Å². The van der Waals surface area contributed by atoms with Crippen LogP contribution in [0.15, 0.2) is 54.6 Å². The number of nitrogens with zero attached hydrogens (tertiary/aromatic N) is 1. The summed E-state index contributed by atoms with van der Waals surface area (Å²) in [6.45, 7) is 3.43. The molecule has 0 amide bonds. The van der Waals surface area contributed by atoms with Crippen LogP contribution in [0.3, 0.4) is 0 Å². The molecule has 0 radical (unpaired) electrons. The van der Waals surface area contributed by atoms with Gasteiger partial charge in [0.05, 0.1) is 19.3 Å². The first-order chi connectivity index (χ1) is 10.3. The maximum Gasteiger partial charge on any atom is 0.0900 e. The van der Waals surface area contributed by atoms with Crippen molar-refractivity contribution in [1.29, 1.82) is 0 Å². The standard InChI is InChI=1S/C18H21NO2/c20-18(14-21-13-15-6-2-1-3-7-15)12-19-10-16-8-4-5-9-17(16)11-19/h1-9,18,20H,10-14H2. The fraction of sp³-hybridized carbons (Fsp3) is 0.333. The quantitative estimate of drug-likeness (QED) is 0.884. The van der Waals surface area contributed by atoms with E-state index in [9.17, 15) is 5.11 Å². The van der Waals surface area contributed by atoms with Crippen LogP contribution in [0.5, 0.6) is 0 Å². The van der Waals surface area contributed by atoms with Crippen molar-refractivity contribution < 1.29 is 9.84 Å². The maximum absolute atomic E-state index is 10.1. The Morgan fingerprint density at radius 2 is 1.57 bits per heavy atom. The van der Waals surface area contributed by atoms with Gasteiger partial charge >= 0.3 is 0 Å². The summed E-state index contributed by atoms with van der Waals surface area (Å²) in [5.74, 6) is 0. The summed E-state index contributed by atoms with van der Waals surface area (Å²) in [5.41, 5.74) is 3.88. The van der Waals surface area contributed by atoms with E-state index >= 15 is 0 Å². The van der Waals surface area contributed by atoms with Gasteiger partial charge in [0.15, 0.2) is 0 Å². The Bertz CT molecular complexity index is 545. The summed E-state index contributed by atoms with van der Waals surface area (Å²) in [4.78, 5) is 2.27. The van der Waals surface area contributed by atoms with Gasteiger partial charge in [0.25, 0.3) is 0 Å². The van der Waals surface area contributed by atoms with E-state index in [4.69, 9.17) is 4.74 Å². The van der Waals surface area contributed by atoms with Gasteiger partial charge in [0.1, 0.15) is 0 Å². The molecule has 0 saturated heterocycles. The molecule has 1 N–H and O–H groups in total. The molecule has 0 saturated carbocycles. The lowest BCUT2D eigenvalue weighted by atomic mass is 10.1. The van der Waals surface area contributed by atoms with Crippen molar-refractivity contribution in [3.63, 3.8) is 0 Å². The van der Waals surface area contributed by atoms with E-state index in [0.29, 0.717) is 19.8 Å². The van der Waals surface area contributed by atoms with Crippen molar-refractivity contribution in [2.24, 2.45) is 0 Å². The molecule has 1 atom stereocenters. The number of fused-ring (bicyclic) bond motifs is 1. The lowest BCUT2D eigenvalue weighted by Crippen LogP contribution is -2.31. The van der Waals surface area contributed by atoms with Gasteiger partial charge in [-0.3, -0.25) is 4.90 Å². The van der Waals surface area contributed by atoms with Crippen LogP contribution in [0.2, 0.25) is 0 Å². The van der Waals surface area contributed by atoms with E-state index in [-0.39, 0.29) is 0 Å². The highest BCUT2D eigenvalue weighted by Crippen LogP contribution is 2.22. The fourth-order valence-corrected chi connectivity index (χ4v) is 2.77. The number of aliphatic hydroxyl groups is 1. The third-order valence-electron chi connectivity index (χ3n) is 3.80. The number of β-amino-alcohol motifs (C(OH)–C–C–N with tert-alkyl or cyclic N) is 1. The molecule has 3 nitrogen and oxygen atoms in total. The van der Waals surface area contributed by atoms with Gasteiger partial charge in [0, 0.05) is 19.6 Å². The highest BCUT2D eigenvalue weighted by Gasteiger charge is 2.20. The summed E-state index contributed by atoms with van der Waals surface area (Å²) >= 11 is 0. The molecule has 0 spiro atoms. The Morgan fingerprint density at radius 3 is 2.24 bits per heavy atom. The van der Waals surface area contributed by atoms with E-state index in [0.717, 1.165) is 18.7 Å². The van der Waals surface area contributed by atoms with Crippen molar-refractivity contribution >= 4 is 0 Å². The number of hydrogen-bond acceptors (Lipinski definition) is 3. The monoisotopic (exact) mass is 283 g/mol. The number of hydrogen-bond donors (Lipinski definition) is 1. The van der Waals surface area contributed by atoms with E-state index in [1.165, 1.54) is 11.1 Å². The first-order valence-electron chi connectivity index (χ1n) is 7.40. The molecule has 0 aliphatic carbocycles. The first-order valence-corrected chi connectivity index (χ1v) is 7.40. The minimum absolute atomic E-state index is 0.377. The summed E-state index contributed by atoms with van der Waals surface area (Å²) in [5, 5.41) is 10.1. The molecule has 21 heavy (non-hydrogen) atoms. The molecule has 3 heteroatoms. The second-order valence-corrected chi connectivity index (χ2v) is 5.59. The molecule has 0 bridgehead atoms. The maximum atomic E-state index is 10.1. The summed E-state index contributed by atoms with van der Waals surface area (Å²) in [6, 6.07) is 18.5. The zero-order valence-electron chi connectivity index (χ0n) is 12.1. The summed E-state index contributed by atoms with van der Waals surface area (Å²) < 4.78 is 5.59. The molecular weight excluding hydrogens is 262 g/mol. The fourth-order valence-electron chi connectivity index (χ4n) is 2.77. The van der Waals surface area contributed by atoms with Crippen molar-refractivity contribution in [3.05, 3.63) is 71.3 Å². The number of benzene rings is 2. The van der Waals surface area contributed by atoms with Crippen LogP contribution in [0, 0.1) is 0 Å². The van der Waals surface area contributed by atoms with Crippen molar-refractivity contribution in [1.82, 2.24) is 4.90 Å². The van der Waals surface area contributed by atoms with E-state index in [1.807, 2.05) is 30.3 Å². The van der Waals surface area contributed by atoms with Crippen LogP contribution < -0.4 is 0 Å². The van der Waals surface area contributed by atoms with Gasteiger partial charge in [-0.15, -0.1) is 0 Å². The lowest BCUT2D eigenvalue weighted by molar-refractivity contribution is 0.00921. The molecule has 1 aliphatic rings. The molecule has 0 fully saturated rings. The zero-order chi connectivity index (χ0) is 14.5. The van der Waals surface area contributed by atoms with Crippen molar-refractivity contribution in [2.75, 3.05) is 13.2 Å². The van der Waals surface area contributed by atoms with Gasteiger partial charge in [0.2, 0.25) is 0 Å². The third-order valence-corrected chi connectivity index (χ3v) is 3.80. The highest BCUT2D eigenvalue weighted by atomic mass is 16.5. The Labute approximate surface area is 125 Å². The first kappa shape index (κ1) is 14.3. The van der Waals surface area contributed by atoms with Gasteiger partial charge < -0.3 is 9.84 Å². The lowest BCUT2D eigenvalue weighted by Gasteiger charge is -2.19. The second kappa shape index (κ2) is 6.85. The summed E-state index contributed by atoms with van der Waals surface area (Å²) in [6.07, 6.45) is -0.442. The Balaban J connectivity index is 1.40. The minimum atomic E-state index is -0.442. The van der Waals surface area contributed by atoms with E-state index < -0.39 is 6.10 Å². The third kappa shape index (κ3) is 3.91. The number of rotatable bonds is 6. The van der Waals surface area contributed by atoms with Gasteiger partial charge in [-0.25, -0.2) is 0 Å². The van der Waals surface area contributed by atoms with Crippen LogP contribution in [0.4, 0.5) is 0 Å². The highest BCUT2D eigenvalue weighted by molar-refractivity contribution is 5.30. The minimum Gasteiger partial charge on any atom is -0.389 e. The second-order valence-electron chi connectivity index (χ2n) is 5.59. The molecule has 0 aromatic heterocycles. The molecule has 110 valence electrons. The number of aliphatic hydroxyl groups excluding tert-OH is 1. The van der Waals surface area contributed by atoms with Gasteiger partial charge in [-0.1, -0.05) is 54.6 Å². The Morgan fingerprint density at radius 1 is 0.952 bits per heavy atom. The molecule has 3 rings (SSSR count). The van der Waals surface area contributed by atoms with Crippen LogP contribution >= 0.6 is 0 Å².